The summed E-state index contributed by atoms with van der Waals surface area (Å²) in [6.07, 6.45) is 3.97. The Morgan fingerprint density at radius 1 is 1.62 bits per heavy atom. The Morgan fingerprint density at radius 3 is 3.06 bits per heavy atom. The van der Waals surface area contributed by atoms with Crippen molar-refractivity contribution in [3.05, 3.63) is 12.2 Å². The van der Waals surface area contributed by atoms with Crippen molar-refractivity contribution in [1.82, 2.24) is 0 Å². The molecule has 1 rings (SSSR count). The monoisotopic (exact) mass is 257 g/mol. The number of carbonyl (C=O) groups excluding carboxylic acids is 1. The van der Waals surface area contributed by atoms with Gasteiger partial charge in [-0.3, -0.25) is 0 Å². The molecule has 0 spiro atoms. The van der Waals surface area contributed by atoms with Crippen molar-refractivity contribution >= 4 is 31.8 Å². The van der Waals surface area contributed by atoms with Crippen LogP contribution in [-0.2, 0) is 26.0 Å². The van der Waals surface area contributed by atoms with Gasteiger partial charge in [0.15, 0.2) is 0 Å². The van der Waals surface area contributed by atoms with Crippen molar-refractivity contribution in [3.8, 4) is 0 Å². The molecule has 0 radical (unpaired) electrons. The Morgan fingerprint density at radius 2 is 2.38 bits per heavy atom. The second-order valence-electron chi connectivity index (χ2n) is 3.81. The van der Waals surface area contributed by atoms with Gasteiger partial charge in [0.25, 0.3) is 0 Å². The SMILES string of the molecule is C=C1C[C@H](CC=O)O[C@@H](CCOB=[P+]=S)C1. The van der Waals surface area contributed by atoms with Gasteiger partial charge in [0.1, 0.15) is 0 Å². The van der Waals surface area contributed by atoms with E-state index < -0.39 is 0 Å². The molecule has 0 unspecified atom stereocenters. The Balaban J connectivity index is 2.32. The fraction of sp³-hybridized carbons (Fsp3) is 0.700. The molecule has 0 aromatic rings. The molecule has 3 nitrogen and oxygen atoms in total. The van der Waals surface area contributed by atoms with Crippen molar-refractivity contribution < 1.29 is 14.2 Å². The minimum atomic E-state index is 0.00445. The van der Waals surface area contributed by atoms with Crippen molar-refractivity contribution in [2.24, 2.45) is 0 Å². The third-order valence-electron chi connectivity index (χ3n) is 2.45. The van der Waals surface area contributed by atoms with Crippen LogP contribution in [0.3, 0.4) is 0 Å². The minimum absolute atomic E-state index is 0.00445. The molecule has 0 aromatic carbocycles. The fourth-order valence-electron chi connectivity index (χ4n) is 1.79. The van der Waals surface area contributed by atoms with Crippen LogP contribution >= 0.6 is 6.85 Å². The van der Waals surface area contributed by atoms with Gasteiger partial charge in [0.05, 0.1) is 0 Å². The van der Waals surface area contributed by atoms with E-state index in [0.717, 1.165) is 31.1 Å². The zero-order valence-electron chi connectivity index (χ0n) is 9.13. The first-order chi connectivity index (χ1) is 7.76. The molecule has 1 fully saturated rings. The van der Waals surface area contributed by atoms with Crippen LogP contribution in [0.4, 0.5) is 0 Å². The Labute approximate surface area is 103 Å². The number of carbonyl (C=O) groups is 1. The van der Waals surface area contributed by atoms with E-state index in [0.29, 0.717) is 19.9 Å². The standard InChI is InChI=1S/C10H15BO3PS/c1-8-6-9(2-4-12)14-10(7-8)3-5-13-11-15-16/h4,9-10H,1-3,5-7H2/q+1/t9-,10-/m0/s1. The second kappa shape index (κ2) is 8.18. The predicted octanol–water partition coefficient (Wildman–Crippen LogP) is 2.03. The van der Waals surface area contributed by atoms with E-state index in [1.165, 1.54) is 0 Å². The Bertz CT molecular complexity index is 304. The maximum atomic E-state index is 10.4. The predicted molar refractivity (Wildman–Crippen MR) is 68.3 cm³/mol. The van der Waals surface area contributed by atoms with Crippen molar-refractivity contribution in [1.29, 1.82) is 0 Å². The van der Waals surface area contributed by atoms with Gasteiger partial charge in [-0.25, -0.2) is 0 Å². The van der Waals surface area contributed by atoms with Gasteiger partial charge >= 0.3 is 103 Å². The number of ether oxygens (including phenoxy) is 1. The van der Waals surface area contributed by atoms with E-state index in [4.69, 9.17) is 21.2 Å². The van der Waals surface area contributed by atoms with E-state index in [-0.39, 0.29) is 12.2 Å². The number of hydrogen-bond acceptors (Lipinski definition) is 4. The first-order valence-electron chi connectivity index (χ1n) is 5.27. The third-order valence-corrected chi connectivity index (χ3v) is 2.95. The molecule has 1 saturated heterocycles. The van der Waals surface area contributed by atoms with Gasteiger partial charge in [-0.2, -0.15) is 0 Å². The quantitative estimate of drug-likeness (QED) is 0.240. The van der Waals surface area contributed by atoms with Gasteiger partial charge in [-0.15, -0.1) is 0 Å². The van der Waals surface area contributed by atoms with Crippen LogP contribution in [0.5, 0.6) is 0 Å². The first kappa shape index (κ1) is 14.1. The summed E-state index contributed by atoms with van der Waals surface area (Å²) in [6.45, 7) is 6.89. The van der Waals surface area contributed by atoms with Gasteiger partial charge in [0, 0.05) is 0 Å². The van der Waals surface area contributed by atoms with E-state index in [2.05, 4.69) is 6.58 Å². The average molecular weight is 257 g/mol. The second-order valence-corrected chi connectivity index (χ2v) is 4.87. The molecule has 0 aromatic heterocycles. The van der Waals surface area contributed by atoms with Crippen LogP contribution in [0.25, 0.3) is 0 Å². The van der Waals surface area contributed by atoms with Crippen molar-refractivity contribution in [2.75, 3.05) is 6.61 Å². The topological polar surface area (TPSA) is 35.5 Å². The van der Waals surface area contributed by atoms with E-state index in [9.17, 15) is 4.79 Å². The molecule has 0 amide bonds. The van der Waals surface area contributed by atoms with Gasteiger partial charge < -0.3 is 0 Å². The number of aldehydes is 1. The molecule has 1 heterocycles. The molecule has 0 saturated carbocycles. The summed E-state index contributed by atoms with van der Waals surface area (Å²) in [5, 5.41) is 0. The number of hydrogen-bond donors (Lipinski definition) is 0. The molecule has 6 heteroatoms. The molecule has 86 valence electrons. The zero-order valence-corrected chi connectivity index (χ0v) is 10.8. The summed E-state index contributed by atoms with van der Waals surface area (Å²) in [7, 11) is 0. The van der Waals surface area contributed by atoms with Gasteiger partial charge in [0.2, 0.25) is 0 Å². The molecule has 0 aliphatic carbocycles. The summed E-state index contributed by atoms with van der Waals surface area (Å²) < 4.78 is 11.0. The molecule has 16 heavy (non-hydrogen) atoms. The van der Waals surface area contributed by atoms with Gasteiger partial charge in [-0.1, -0.05) is 0 Å². The molecular weight excluding hydrogens is 242 g/mol. The van der Waals surface area contributed by atoms with Crippen LogP contribution in [0, 0.1) is 0 Å². The molecule has 0 N–H and O–H groups in total. The van der Waals surface area contributed by atoms with Crippen LogP contribution in [0.2, 0.25) is 0 Å². The van der Waals surface area contributed by atoms with Crippen LogP contribution in [0.15, 0.2) is 12.2 Å². The van der Waals surface area contributed by atoms with E-state index in [1.54, 1.807) is 6.82 Å². The van der Waals surface area contributed by atoms with Crippen LogP contribution in [-0.4, -0.2) is 31.9 Å². The molecule has 0 bridgehead atoms. The summed E-state index contributed by atoms with van der Waals surface area (Å²) in [5.41, 5.74) is 1.16. The normalized spacial score (nSPS) is 24.9. The number of rotatable bonds is 6. The van der Waals surface area contributed by atoms with Crippen LogP contribution in [0.1, 0.15) is 25.7 Å². The van der Waals surface area contributed by atoms with Gasteiger partial charge in [-0.05, 0) is 0 Å². The Kier molecular flexibility index (Phi) is 7.21. The first-order valence-corrected chi connectivity index (χ1v) is 7.25. The van der Waals surface area contributed by atoms with Crippen molar-refractivity contribution in [3.63, 3.8) is 0 Å². The summed E-state index contributed by atoms with van der Waals surface area (Å²) in [6, 6.07) is 0. The fourth-order valence-corrected chi connectivity index (χ4v) is 2.14. The summed E-state index contributed by atoms with van der Waals surface area (Å²) >= 11 is 4.70. The average Bonchev–Trinajstić information content (AvgIpc) is 2.24. The summed E-state index contributed by atoms with van der Waals surface area (Å²) in [5.74, 6) is 0. The van der Waals surface area contributed by atoms with Crippen LogP contribution < -0.4 is 0 Å². The summed E-state index contributed by atoms with van der Waals surface area (Å²) in [4.78, 5) is 10.4. The van der Waals surface area contributed by atoms with Crippen molar-refractivity contribution in [2.45, 2.75) is 37.9 Å². The Hall–Kier alpha value is 0.0449. The molecular formula is C10H15BO3PS+. The van der Waals surface area contributed by atoms with E-state index in [1.807, 2.05) is 0 Å². The third kappa shape index (κ3) is 5.40. The van der Waals surface area contributed by atoms with E-state index >= 15 is 0 Å². The molecule has 1 aliphatic rings. The zero-order chi connectivity index (χ0) is 11.8. The molecule has 2 atom stereocenters. The molecule has 1 aliphatic heterocycles. The maximum absolute atomic E-state index is 10.4.